The van der Waals surface area contributed by atoms with Crippen LogP contribution in [0.4, 0.5) is 0 Å². The Morgan fingerprint density at radius 1 is 1.70 bits per heavy atom. The monoisotopic (exact) mass is 173 g/mol. The fraction of sp³-hybridized carbons (Fsp3) is 0. The van der Waals surface area contributed by atoms with Gasteiger partial charge in [0.25, 0.3) is 0 Å². The Balaban J connectivity index is 0.000000810. The summed E-state index contributed by atoms with van der Waals surface area (Å²) in [6.45, 7) is 0. The fourth-order valence-corrected chi connectivity index (χ4v) is 0.446. The minimum Gasteiger partial charge on any atom is -0.479 e. The first-order chi connectivity index (χ1) is 4.30. The quantitative estimate of drug-likeness (QED) is 0.632. The zero-order chi connectivity index (χ0) is 6.69. The van der Waals surface area contributed by atoms with Gasteiger partial charge >= 0.3 is 24.5 Å². The van der Waals surface area contributed by atoms with Gasteiger partial charge in [-0.2, -0.15) is 12.1 Å². The van der Waals surface area contributed by atoms with E-state index < -0.39 is 5.97 Å². The summed E-state index contributed by atoms with van der Waals surface area (Å²) in [5.41, 5.74) is 0.189. The summed E-state index contributed by atoms with van der Waals surface area (Å²) in [4.78, 5) is 13.6. The molecule has 0 aromatic carbocycles. The Morgan fingerprint density at radius 3 is 2.70 bits per heavy atom. The van der Waals surface area contributed by atoms with E-state index >= 15 is 0 Å². The SMILES string of the molecule is O=C(O)c1cc[c-]nc1.[V+2]. The molecule has 1 heterocycles. The van der Waals surface area contributed by atoms with Crippen LogP contribution in [0.5, 0.6) is 0 Å². The third-order valence-corrected chi connectivity index (χ3v) is 0.863. The molecule has 1 rings (SSSR count). The van der Waals surface area contributed by atoms with E-state index in [2.05, 4.69) is 11.2 Å². The van der Waals surface area contributed by atoms with Crippen LogP contribution in [0, 0.1) is 6.20 Å². The minimum absolute atomic E-state index is 0. The van der Waals surface area contributed by atoms with E-state index in [4.69, 9.17) is 5.11 Å². The second-order valence-electron chi connectivity index (χ2n) is 1.48. The molecule has 4 heteroatoms. The Kier molecular flexibility index (Phi) is 3.76. The zero-order valence-corrected chi connectivity index (χ0v) is 6.38. The number of carboxylic acids is 1. The number of carboxylic acid groups (broad SMARTS) is 1. The van der Waals surface area contributed by atoms with Crippen molar-refractivity contribution in [3.63, 3.8) is 0 Å². The summed E-state index contributed by atoms with van der Waals surface area (Å²) in [6, 6.07) is 2.90. The van der Waals surface area contributed by atoms with Crippen LogP contribution < -0.4 is 0 Å². The number of nitrogens with zero attached hydrogens (tertiary/aromatic N) is 1. The third-order valence-electron chi connectivity index (χ3n) is 0.863. The van der Waals surface area contributed by atoms with Crippen LogP contribution in [-0.4, -0.2) is 16.1 Å². The van der Waals surface area contributed by atoms with E-state index in [1.807, 2.05) is 0 Å². The van der Waals surface area contributed by atoms with Crippen LogP contribution in [0.15, 0.2) is 18.3 Å². The number of carbonyl (C=O) groups is 1. The Labute approximate surface area is 70.0 Å². The van der Waals surface area contributed by atoms with E-state index in [9.17, 15) is 4.79 Å². The van der Waals surface area contributed by atoms with Crippen LogP contribution >= 0.6 is 0 Å². The molecule has 49 valence electrons. The second kappa shape index (κ2) is 4.09. The first-order valence-electron chi connectivity index (χ1n) is 2.36. The molecule has 0 amide bonds. The first-order valence-corrected chi connectivity index (χ1v) is 2.36. The van der Waals surface area contributed by atoms with Gasteiger partial charge in [0.1, 0.15) is 0 Å². The van der Waals surface area contributed by atoms with Gasteiger partial charge in [-0.1, -0.05) is 12.4 Å². The maximum Gasteiger partial charge on any atom is 2.00 e. The normalized spacial score (nSPS) is 8.00. The summed E-state index contributed by atoms with van der Waals surface area (Å²) < 4.78 is 0. The number of aromatic carboxylic acids is 1. The molecule has 3 nitrogen and oxygen atoms in total. The van der Waals surface area contributed by atoms with Gasteiger partial charge in [-0.05, 0) is 5.56 Å². The number of hydrogen-bond acceptors (Lipinski definition) is 2. The molecule has 0 aliphatic carbocycles. The molecule has 1 aromatic heterocycles. The Morgan fingerprint density at radius 2 is 2.40 bits per heavy atom. The van der Waals surface area contributed by atoms with Crippen molar-refractivity contribution in [1.29, 1.82) is 0 Å². The summed E-state index contributed by atoms with van der Waals surface area (Å²) in [7, 11) is 0. The number of pyridine rings is 1. The molecule has 1 aromatic rings. The average Bonchev–Trinajstić information content (AvgIpc) is 1.90. The van der Waals surface area contributed by atoms with Gasteiger partial charge in [0, 0.05) is 0 Å². The van der Waals surface area contributed by atoms with Crippen molar-refractivity contribution in [2.24, 2.45) is 0 Å². The molecule has 0 bridgehead atoms. The molecule has 1 N–H and O–H groups in total. The van der Waals surface area contributed by atoms with Crippen molar-refractivity contribution in [3.8, 4) is 0 Å². The zero-order valence-electron chi connectivity index (χ0n) is 4.98. The average molecular weight is 173 g/mol. The number of hydrogen-bond donors (Lipinski definition) is 1. The molecule has 10 heavy (non-hydrogen) atoms. The van der Waals surface area contributed by atoms with Crippen LogP contribution in [-0.2, 0) is 18.6 Å². The largest absolute Gasteiger partial charge is 2.00 e. The van der Waals surface area contributed by atoms with Gasteiger partial charge in [0.15, 0.2) is 0 Å². The van der Waals surface area contributed by atoms with Gasteiger partial charge in [0.05, 0.1) is 0 Å². The molecule has 1 radical (unpaired) electrons. The van der Waals surface area contributed by atoms with Crippen molar-refractivity contribution in [1.82, 2.24) is 4.98 Å². The molecule has 0 atom stereocenters. The van der Waals surface area contributed by atoms with E-state index in [1.54, 1.807) is 0 Å². The molecule has 0 aliphatic rings. The third kappa shape index (κ3) is 2.21. The standard InChI is InChI=1S/C6H4NO2.V/c8-6(9)5-2-1-3-7-4-5;/h1-2,4H,(H,8,9);/q-1;+2. The van der Waals surface area contributed by atoms with Gasteiger partial charge in [-0.3, -0.25) is 0 Å². The Bertz CT molecular complexity index is 212. The van der Waals surface area contributed by atoms with Crippen molar-refractivity contribution >= 4 is 5.97 Å². The summed E-state index contributed by atoms with van der Waals surface area (Å²) in [6.07, 6.45) is 3.73. The van der Waals surface area contributed by atoms with Crippen molar-refractivity contribution in [3.05, 3.63) is 30.1 Å². The molecule has 0 unspecified atom stereocenters. The van der Waals surface area contributed by atoms with Crippen LogP contribution in [0.25, 0.3) is 0 Å². The van der Waals surface area contributed by atoms with E-state index in [1.165, 1.54) is 18.3 Å². The predicted octanol–water partition coefficient (Wildman–Crippen LogP) is 0.577. The summed E-state index contributed by atoms with van der Waals surface area (Å²) >= 11 is 0. The van der Waals surface area contributed by atoms with Crippen LogP contribution in [0.1, 0.15) is 10.4 Å². The van der Waals surface area contributed by atoms with Gasteiger partial charge < -0.3 is 10.1 Å². The topological polar surface area (TPSA) is 50.2 Å². The Hall–Kier alpha value is -0.796. The fourth-order valence-electron chi connectivity index (χ4n) is 0.446. The molecule has 0 fully saturated rings. The van der Waals surface area contributed by atoms with Crippen LogP contribution in [0.3, 0.4) is 0 Å². The van der Waals surface area contributed by atoms with Crippen molar-refractivity contribution < 1.29 is 28.5 Å². The van der Waals surface area contributed by atoms with Gasteiger partial charge in [0.2, 0.25) is 0 Å². The smallest absolute Gasteiger partial charge is 0.479 e. The van der Waals surface area contributed by atoms with Crippen LogP contribution in [0.2, 0.25) is 0 Å². The maximum absolute atomic E-state index is 10.1. The molecular weight excluding hydrogens is 169 g/mol. The number of aromatic nitrogens is 1. The summed E-state index contributed by atoms with van der Waals surface area (Å²) in [5, 5.41) is 8.33. The van der Waals surface area contributed by atoms with Gasteiger partial charge in [-0.15, -0.1) is 0 Å². The van der Waals surface area contributed by atoms with E-state index in [0.717, 1.165) is 0 Å². The first kappa shape index (κ1) is 9.20. The maximum atomic E-state index is 10.1. The molecule has 0 saturated heterocycles. The second-order valence-corrected chi connectivity index (χ2v) is 1.48. The number of rotatable bonds is 1. The predicted molar refractivity (Wildman–Crippen MR) is 30.0 cm³/mol. The summed E-state index contributed by atoms with van der Waals surface area (Å²) in [5.74, 6) is -0.962. The van der Waals surface area contributed by atoms with E-state index in [0.29, 0.717) is 0 Å². The minimum atomic E-state index is -0.962. The molecule has 0 spiro atoms. The molecular formula is C6H4NO2V+. The molecule has 0 saturated carbocycles. The van der Waals surface area contributed by atoms with Crippen molar-refractivity contribution in [2.45, 2.75) is 0 Å². The molecule has 0 aliphatic heterocycles. The van der Waals surface area contributed by atoms with E-state index in [-0.39, 0.29) is 24.1 Å². The van der Waals surface area contributed by atoms with Crippen molar-refractivity contribution in [2.75, 3.05) is 0 Å². The van der Waals surface area contributed by atoms with Gasteiger partial charge in [-0.25, -0.2) is 4.79 Å².